The summed E-state index contributed by atoms with van der Waals surface area (Å²) in [5, 5.41) is 0. The third-order valence-corrected chi connectivity index (χ3v) is 6.37. The summed E-state index contributed by atoms with van der Waals surface area (Å²) in [6.07, 6.45) is 1.61. The lowest BCUT2D eigenvalue weighted by molar-refractivity contribution is -0.129. The van der Waals surface area contributed by atoms with Gasteiger partial charge < -0.3 is 9.47 Å². The molecule has 0 aromatic heterocycles. The SMILES string of the molecule is Cc1cccc(C(=O)Oc2c(Br)cc(/C=C3\N=C(c4ccccc4Br)OC3=O)cc2Br)c1. The second-order valence-electron chi connectivity index (χ2n) is 6.89. The number of ether oxygens (including phenoxy) is 2. The monoisotopic (exact) mass is 617 g/mol. The van der Waals surface area contributed by atoms with Gasteiger partial charge in [-0.1, -0.05) is 29.8 Å². The maximum atomic E-state index is 12.5. The molecule has 3 aromatic rings. The first-order chi connectivity index (χ1) is 15.3. The maximum Gasteiger partial charge on any atom is 0.363 e. The van der Waals surface area contributed by atoms with E-state index in [9.17, 15) is 9.59 Å². The highest BCUT2D eigenvalue weighted by Crippen LogP contribution is 2.36. The van der Waals surface area contributed by atoms with Gasteiger partial charge in [-0.25, -0.2) is 14.6 Å². The van der Waals surface area contributed by atoms with Crippen LogP contribution in [-0.4, -0.2) is 17.8 Å². The zero-order valence-corrected chi connectivity index (χ0v) is 21.3. The van der Waals surface area contributed by atoms with Crippen LogP contribution in [0.25, 0.3) is 6.08 Å². The van der Waals surface area contributed by atoms with Gasteiger partial charge in [0.1, 0.15) is 0 Å². The summed E-state index contributed by atoms with van der Waals surface area (Å²) < 4.78 is 12.8. The molecule has 8 heteroatoms. The molecule has 1 aliphatic heterocycles. The summed E-state index contributed by atoms with van der Waals surface area (Å²) in [7, 11) is 0. The highest BCUT2D eigenvalue weighted by atomic mass is 79.9. The zero-order valence-electron chi connectivity index (χ0n) is 16.6. The third-order valence-electron chi connectivity index (χ3n) is 4.50. The molecule has 0 saturated heterocycles. The Kier molecular flexibility index (Phi) is 6.74. The van der Waals surface area contributed by atoms with Gasteiger partial charge in [0.2, 0.25) is 5.90 Å². The van der Waals surface area contributed by atoms with Gasteiger partial charge in [0, 0.05) is 4.47 Å². The summed E-state index contributed by atoms with van der Waals surface area (Å²) in [6.45, 7) is 1.91. The van der Waals surface area contributed by atoms with Crippen molar-refractivity contribution in [2.75, 3.05) is 0 Å². The summed E-state index contributed by atoms with van der Waals surface area (Å²) in [5.41, 5.74) is 2.94. The van der Waals surface area contributed by atoms with E-state index in [-0.39, 0.29) is 11.6 Å². The molecule has 1 heterocycles. The Balaban J connectivity index is 1.60. The van der Waals surface area contributed by atoms with E-state index in [1.807, 2.05) is 37.3 Å². The second kappa shape index (κ2) is 9.52. The van der Waals surface area contributed by atoms with E-state index < -0.39 is 11.9 Å². The lowest BCUT2D eigenvalue weighted by atomic mass is 10.1. The molecule has 4 rings (SSSR count). The van der Waals surface area contributed by atoms with E-state index in [2.05, 4.69) is 52.8 Å². The molecule has 0 bridgehead atoms. The van der Waals surface area contributed by atoms with Crippen LogP contribution in [0.1, 0.15) is 27.0 Å². The quantitative estimate of drug-likeness (QED) is 0.182. The molecule has 160 valence electrons. The van der Waals surface area contributed by atoms with Crippen LogP contribution in [0.3, 0.4) is 0 Å². The number of carbonyl (C=O) groups excluding carboxylic acids is 2. The van der Waals surface area contributed by atoms with Gasteiger partial charge >= 0.3 is 11.9 Å². The molecule has 3 aromatic carbocycles. The van der Waals surface area contributed by atoms with E-state index in [0.717, 1.165) is 10.0 Å². The van der Waals surface area contributed by atoms with Crippen molar-refractivity contribution in [3.8, 4) is 5.75 Å². The summed E-state index contributed by atoms with van der Waals surface area (Å²) in [4.78, 5) is 29.2. The highest BCUT2D eigenvalue weighted by molar-refractivity contribution is 9.11. The fraction of sp³-hybridized carbons (Fsp3) is 0.0417. The lowest BCUT2D eigenvalue weighted by Crippen LogP contribution is -2.09. The van der Waals surface area contributed by atoms with Crippen LogP contribution >= 0.6 is 47.8 Å². The predicted molar refractivity (Wildman–Crippen MR) is 133 cm³/mol. The average molecular weight is 620 g/mol. The molecule has 32 heavy (non-hydrogen) atoms. The first-order valence-corrected chi connectivity index (χ1v) is 11.7. The van der Waals surface area contributed by atoms with E-state index in [4.69, 9.17) is 9.47 Å². The van der Waals surface area contributed by atoms with Gasteiger partial charge in [-0.2, -0.15) is 0 Å². The van der Waals surface area contributed by atoms with Gasteiger partial charge in [0.05, 0.1) is 20.1 Å². The molecule has 0 fully saturated rings. The van der Waals surface area contributed by atoms with Gasteiger partial charge in [-0.3, -0.25) is 0 Å². The number of aliphatic imine (C=N–C) groups is 1. The van der Waals surface area contributed by atoms with Gasteiger partial charge in [-0.05, 0) is 103 Å². The van der Waals surface area contributed by atoms with Gasteiger partial charge in [0.25, 0.3) is 0 Å². The van der Waals surface area contributed by atoms with Crippen LogP contribution in [0.4, 0.5) is 0 Å². The molecule has 1 aliphatic rings. The number of esters is 2. The molecular formula is C24H14Br3NO4. The summed E-state index contributed by atoms with van der Waals surface area (Å²) >= 11 is 10.3. The number of nitrogens with zero attached hydrogens (tertiary/aromatic N) is 1. The third kappa shape index (κ3) is 4.92. The van der Waals surface area contributed by atoms with Crippen LogP contribution in [-0.2, 0) is 9.53 Å². The molecule has 0 N–H and O–H groups in total. The standard InChI is InChI=1S/C24H14Br3NO4/c1-13-5-4-6-15(9-13)23(29)31-21-18(26)10-14(11-19(21)27)12-20-24(30)32-22(28-20)16-7-2-3-8-17(16)25/h2-12H,1H3/b20-12-. The maximum absolute atomic E-state index is 12.5. The van der Waals surface area contributed by atoms with Gasteiger partial charge in [-0.15, -0.1) is 0 Å². The Morgan fingerprint density at radius 2 is 1.69 bits per heavy atom. The minimum atomic E-state index is -0.544. The molecule has 0 unspecified atom stereocenters. The Bertz CT molecular complexity index is 1290. The molecule has 0 atom stereocenters. The van der Waals surface area contributed by atoms with E-state index in [1.165, 1.54) is 0 Å². The number of carbonyl (C=O) groups is 2. The predicted octanol–water partition coefficient (Wildman–Crippen LogP) is 6.85. The number of halogens is 3. The average Bonchev–Trinajstić information content (AvgIpc) is 3.11. The number of benzene rings is 3. The number of rotatable bonds is 4. The van der Waals surface area contributed by atoms with Crippen molar-refractivity contribution >= 4 is 71.7 Å². The minimum absolute atomic E-state index is 0.166. The Morgan fingerprint density at radius 3 is 2.38 bits per heavy atom. The molecule has 0 saturated carbocycles. The van der Waals surface area contributed by atoms with E-state index >= 15 is 0 Å². The molecule has 0 amide bonds. The Hall–Kier alpha value is -2.55. The van der Waals surface area contributed by atoms with Crippen molar-refractivity contribution in [2.45, 2.75) is 6.92 Å². The molecule has 0 aliphatic carbocycles. The van der Waals surface area contributed by atoms with Crippen LogP contribution in [0.5, 0.6) is 5.75 Å². The number of hydrogen-bond acceptors (Lipinski definition) is 5. The fourth-order valence-electron chi connectivity index (χ4n) is 3.00. The fourth-order valence-corrected chi connectivity index (χ4v) is 4.84. The smallest absolute Gasteiger partial charge is 0.363 e. The number of cyclic esters (lactones) is 1. The van der Waals surface area contributed by atoms with Crippen molar-refractivity contribution in [3.05, 3.63) is 102 Å². The van der Waals surface area contributed by atoms with Crippen molar-refractivity contribution in [1.82, 2.24) is 0 Å². The normalized spacial score (nSPS) is 14.3. The molecule has 0 spiro atoms. The molecular weight excluding hydrogens is 606 g/mol. The van der Waals surface area contributed by atoms with Crippen LogP contribution in [0, 0.1) is 6.92 Å². The summed E-state index contributed by atoms with van der Waals surface area (Å²) in [5.74, 6) is -0.443. The van der Waals surface area contributed by atoms with E-state index in [1.54, 1.807) is 36.4 Å². The summed E-state index contributed by atoms with van der Waals surface area (Å²) in [6, 6.07) is 18.0. The van der Waals surface area contributed by atoms with Crippen LogP contribution in [0.2, 0.25) is 0 Å². The van der Waals surface area contributed by atoms with Crippen LogP contribution in [0.15, 0.2) is 84.8 Å². The Morgan fingerprint density at radius 1 is 0.969 bits per heavy atom. The van der Waals surface area contributed by atoms with E-state index in [0.29, 0.717) is 31.4 Å². The van der Waals surface area contributed by atoms with Crippen molar-refractivity contribution in [1.29, 1.82) is 0 Å². The second-order valence-corrected chi connectivity index (χ2v) is 9.45. The van der Waals surface area contributed by atoms with Gasteiger partial charge in [0.15, 0.2) is 11.4 Å². The van der Waals surface area contributed by atoms with Crippen molar-refractivity contribution < 1.29 is 19.1 Å². The van der Waals surface area contributed by atoms with Crippen molar-refractivity contribution in [2.24, 2.45) is 4.99 Å². The minimum Gasteiger partial charge on any atom is -0.421 e. The first-order valence-electron chi connectivity index (χ1n) is 9.37. The Labute approximate surface area is 209 Å². The topological polar surface area (TPSA) is 65.0 Å². The molecule has 5 nitrogen and oxygen atoms in total. The lowest BCUT2D eigenvalue weighted by Gasteiger charge is -2.10. The zero-order chi connectivity index (χ0) is 22.8. The highest BCUT2D eigenvalue weighted by Gasteiger charge is 2.25. The van der Waals surface area contributed by atoms with Crippen LogP contribution < -0.4 is 4.74 Å². The number of aryl methyl sites for hydroxylation is 1. The largest absolute Gasteiger partial charge is 0.421 e. The van der Waals surface area contributed by atoms with Crippen molar-refractivity contribution in [3.63, 3.8) is 0 Å². The first kappa shape index (κ1) is 22.6. The molecule has 0 radical (unpaired) electrons. The number of hydrogen-bond donors (Lipinski definition) is 0.